The van der Waals surface area contributed by atoms with E-state index in [4.69, 9.17) is 0 Å². The minimum Gasteiger partial charge on any atom is -0.307 e. The van der Waals surface area contributed by atoms with Crippen LogP contribution in [0.1, 0.15) is 0 Å². The van der Waals surface area contributed by atoms with E-state index in [-0.39, 0.29) is 0 Å². The number of nitrogens with zero attached hydrogens (tertiary/aromatic N) is 2. The molecule has 0 bridgehead atoms. The van der Waals surface area contributed by atoms with Crippen LogP contribution < -0.4 is 4.90 Å². The molecule has 1 aromatic heterocycles. The molecule has 2 heterocycles. The number of para-hydroxylation sites is 3. The summed E-state index contributed by atoms with van der Waals surface area (Å²) in [5.41, 5.74) is 14.3. The van der Waals surface area contributed by atoms with Crippen molar-refractivity contribution in [3.8, 4) is 39.1 Å². The first-order chi connectivity index (χ1) is 27.8. The van der Waals surface area contributed by atoms with E-state index in [9.17, 15) is 0 Å². The molecule has 11 aromatic rings. The van der Waals surface area contributed by atoms with Crippen LogP contribution in [-0.4, -0.2) is 4.57 Å². The predicted octanol–water partition coefficient (Wildman–Crippen LogP) is 15.0. The smallest absolute Gasteiger partial charge is 0.0788 e. The Hall–Kier alpha value is -7.42. The minimum atomic E-state index is 1.13. The molecule has 2 heteroatoms. The van der Waals surface area contributed by atoms with Crippen molar-refractivity contribution < 1.29 is 0 Å². The zero-order chi connectivity index (χ0) is 36.7. The van der Waals surface area contributed by atoms with Gasteiger partial charge in [0.05, 0.1) is 22.4 Å². The fourth-order valence-corrected chi connectivity index (χ4v) is 9.46. The van der Waals surface area contributed by atoms with Crippen LogP contribution in [0.4, 0.5) is 17.1 Å². The third-order valence-corrected chi connectivity index (χ3v) is 11.9. The summed E-state index contributed by atoms with van der Waals surface area (Å²) in [5, 5.41) is 10.2. The van der Waals surface area contributed by atoms with Gasteiger partial charge in [0.2, 0.25) is 0 Å². The normalized spacial score (nSPS) is 12.2. The summed E-state index contributed by atoms with van der Waals surface area (Å²) in [4.78, 5) is 2.49. The number of rotatable bonds is 3. The molecule has 0 amide bonds. The lowest BCUT2D eigenvalue weighted by molar-refractivity contribution is 1.17. The van der Waals surface area contributed by atoms with Gasteiger partial charge in [-0.3, -0.25) is 0 Å². The Morgan fingerprint density at radius 1 is 0.286 bits per heavy atom. The predicted molar refractivity (Wildman–Crippen MR) is 238 cm³/mol. The van der Waals surface area contributed by atoms with Gasteiger partial charge >= 0.3 is 0 Å². The molecule has 0 unspecified atom stereocenters. The maximum absolute atomic E-state index is 2.49. The SMILES string of the molecule is c1ccc(N2c3ccccc3-c3ccccc3-c3ccc4c5ccccc5n(-c5ccc(-c6ccc7c8ccccc8c8ccccc8c7c6)cc5)c4c32)cc1. The monoisotopic (exact) mass is 710 g/mol. The average molecular weight is 711 g/mol. The van der Waals surface area contributed by atoms with E-state index in [1.54, 1.807) is 0 Å². The molecule has 2 nitrogen and oxygen atoms in total. The summed E-state index contributed by atoms with van der Waals surface area (Å²) in [6, 6.07) is 75.8. The van der Waals surface area contributed by atoms with Crippen molar-refractivity contribution >= 4 is 71.2 Å². The highest BCUT2D eigenvalue weighted by Gasteiger charge is 2.30. The van der Waals surface area contributed by atoms with Crippen molar-refractivity contribution in [2.24, 2.45) is 0 Å². The molecule has 0 atom stereocenters. The minimum absolute atomic E-state index is 1.13. The van der Waals surface area contributed by atoms with Crippen molar-refractivity contribution in [3.05, 3.63) is 206 Å². The Kier molecular flexibility index (Phi) is 6.66. The molecule has 56 heavy (non-hydrogen) atoms. The van der Waals surface area contributed by atoms with Crippen molar-refractivity contribution in [2.45, 2.75) is 0 Å². The maximum Gasteiger partial charge on any atom is 0.0788 e. The van der Waals surface area contributed by atoms with Gasteiger partial charge in [0, 0.05) is 33.3 Å². The van der Waals surface area contributed by atoms with Gasteiger partial charge in [-0.15, -0.1) is 0 Å². The molecule has 0 radical (unpaired) electrons. The number of aromatic nitrogens is 1. The van der Waals surface area contributed by atoms with E-state index in [0.717, 1.165) is 11.4 Å². The molecule has 0 fully saturated rings. The molecule has 0 saturated heterocycles. The lowest BCUT2D eigenvalue weighted by Gasteiger charge is -2.28. The quantitative estimate of drug-likeness (QED) is 0.166. The first-order valence-electron chi connectivity index (χ1n) is 19.4. The van der Waals surface area contributed by atoms with Gasteiger partial charge in [0.25, 0.3) is 0 Å². The Bertz CT molecular complexity index is 3320. The lowest BCUT2D eigenvalue weighted by Crippen LogP contribution is -2.12. The topological polar surface area (TPSA) is 8.17 Å². The Balaban J connectivity index is 1.11. The Morgan fingerprint density at radius 3 is 1.52 bits per heavy atom. The Labute approximate surface area is 324 Å². The Morgan fingerprint density at radius 2 is 0.804 bits per heavy atom. The molecule has 1 aliphatic heterocycles. The van der Waals surface area contributed by atoms with E-state index in [1.807, 2.05) is 0 Å². The van der Waals surface area contributed by atoms with Gasteiger partial charge in [-0.2, -0.15) is 0 Å². The van der Waals surface area contributed by atoms with Gasteiger partial charge in [0.1, 0.15) is 0 Å². The molecule has 12 rings (SSSR count). The van der Waals surface area contributed by atoms with Gasteiger partial charge in [0.15, 0.2) is 0 Å². The van der Waals surface area contributed by atoms with E-state index in [1.165, 1.54) is 98.9 Å². The zero-order valence-electron chi connectivity index (χ0n) is 30.5. The third kappa shape index (κ3) is 4.44. The molecule has 0 spiro atoms. The highest BCUT2D eigenvalue weighted by Crippen LogP contribution is 2.54. The average Bonchev–Trinajstić information content (AvgIpc) is 3.55. The van der Waals surface area contributed by atoms with Crippen molar-refractivity contribution in [1.29, 1.82) is 0 Å². The van der Waals surface area contributed by atoms with Crippen molar-refractivity contribution in [2.75, 3.05) is 4.90 Å². The summed E-state index contributed by atoms with van der Waals surface area (Å²) >= 11 is 0. The molecule has 10 aromatic carbocycles. The molecule has 260 valence electrons. The molecule has 0 aliphatic carbocycles. The van der Waals surface area contributed by atoms with Gasteiger partial charge in [-0.1, -0.05) is 164 Å². The fourth-order valence-electron chi connectivity index (χ4n) is 9.46. The first-order valence-corrected chi connectivity index (χ1v) is 19.4. The van der Waals surface area contributed by atoms with Gasteiger partial charge in [-0.05, 0) is 97.0 Å². The summed E-state index contributed by atoms with van der Waals surface area (Å²) in [6.07, 6.45) is 0. The summed E-state index contributed by atoms with van der Waals surface area (Å²) in [7, 11) is 0. The standard InChI is InChI=1S/C54H34N2/c1-2-14-37(15-3-1)55-51-24-12-10-22-46(51)42-19-7-8-20-43(42)48-32-33-49-47-23-11-13-25-52(47)56(54(49)53(48)55)38-29-26-35(27-30-38)36-28-31-45-41-18-5-4-16-39(41)40-17-6-9-21-44(40)50(45)34-36/h1-34H. The van der Waals surface area contributed by atoms with Crippen molar-refractivity contribution in [1.82, 2.24) is 4.57 Å². The highest BCUT2D eigenvalue weighted by atomic mass is 15.2. The fraction of sp³-hybridized carbons (Fsp3) is 0. The van der Waals surface area contributed by atoms with E-state index < -0.39 is 0 Å². The zero-order valence-corrected chi connectivity index (χ0v) is 30.5. The number of benzene rings is 10. The van der Waals surface area contributed by atoms with E-state index in [2.05, 4.69) is 216 Å². The van der Waals surface area contributed by atoms with E-state index >= 15 is 0 Å². The molecule has 1 aliphatic rings. The number of anilines is 3. The third-order valence-electron chi connectivity index (χ3n) is 11.9. The number of hydrogen-bond acceptors (Lipinski definition) is 1. The van der Waals surface area contributed by atoms with E-state index in [0.29, 0.717) is 0 Å². The molecule has 0 saturated carbocycles. The lowest BCUT2D eigenvalue weighted by atomic mass is 9.92. The summed E-state index contributed by atoms with van der Waals surface area (Å²) in [6.45, 7) is 0. The second-order valence-corrected chi connectivity index (χ2v) is 14.8. The van der Waals surface area contributed by atoms with Crippen molar-refractivity contribution in [3.63, 3.8) is 0 Å². The molecular weight excluding hydrogens is 677 g/mol. The molecule has 0 N–H and O–H groups in total. The highest BCUT2D eigenvalue weighted by molar-refractivity contribution is 6.26. The summed E-state index contributed by atoms with van der Waals surface area (Å²) in [5.74, 6) is 0. The second-order valence-electron chi connectivity index (χ2n) is 14.8. The second kappa shape index (κ2) is 12.0. The van der Waals surface area contributed by atoms with Crippen LogP contribution in [0.25, 0.3) is 93.2 Å². The van der Waals surface area contributed by atoms with Gasteiger partial charge in [-0.25, -0.2) is 0 Å². The van der Waals surface area contributed by atoms with Crippen LogP contribution in [0.5, 0.6) is 0 Å². The number of hydrogen-bond donors (Lipinski definition) is 0. The summed E-state index contributed by atoms with van der Waals surface area (Å²) < 4.78 is 2.49. The largest absolute Gasteiger partial charge is 0.307 e. The first kappa shape index (κ1) is 31.0. The van der Waals surface area contributed by atoms with Crippen LogP contribution in [0.2, 0.25) is 0 Å². The van der Waals surface area contributed by atoms with Crippen LogP contribution in [0, 0.1) is 0 Å². The maximum atomic E-state index is 2.49. The van der Waals surface area contributed by atoms with Crippen LogP contribution in [-0.2, 0) is 0 Å². The van der Waals surface area contributed by atoms with Crippen LogP contribution >= 0.6 is 0 Å². The number of fused-ring (bicyclic) bond motifs is 15. The van der Waals surface area contributed by atoms with Gasteiger partial charge < -0.3 is 9.47 Å². The van der Waals surface area contributed by atoms with Crippen LogP contribution in [0.3, 0.4) is 0 Å². The molecular formula is C54H34N2. The van der Waals surface area contributed by atoms with Crippen LogP contribution in [0.15, 0.2) is 206 Å².